The Labute approximate surface area is 158 Å². The molecule has 8 nitrogen and oxygen atoms in total. The number of aromatic amines is 1. The summed E-state index contributed by atoms with van der Waals surface area (Å²) in [6.45, 7) is 4.27. The van der Waals surface area contributed by atoms with E-state index in [0.29, 0.717) is 31.9 Å². The molecule has 146 valence electrons. The number of fused-ring (bicyclic) bond motifs is 1. The molecule has 8 heteroatoms. The van der Waals surface area contributed by atoms with Gasteiger partial charge < -0.3 is 20.7 Å². The molecule has 0 saturated carbocycles. The number of nitrogens with zero attached hydrogens (tertiary/aromatic N) is 2. The molecule has 3 rings (SSSR count). The molecule has 27 heavy (non-hydrogen) atoms. The van der Waals surface area contributed by atoms with Crippen molar-refractivity contribution >= 4 is 22.7 Å². The van der Waals surface area contributed by atoms with Crippen LogP contribution in [0.3, 0.4) is 0 Å². The third kappa shape index (κ3) is 4.64. The van der Waals surface area contributed by atoms with Crippen molar-refractivity contribution < 1.29 is 14.3 Å². The Hall–Kier alpha value is -2.45. The smallest absolute Gasteiger partial charge is 0.273 e. The highest BCUT2D eigenvalue weighted by Gasteiger charge is 2.28. The molecule has 1 aromatic carbocycles. The van der Waals surface area contributed by atoms with Gasteiger partial charge in [-0.05, 0) is 38.8 Å². The van der Waals surface area contributed by atoms with Crippen molar-refractivity contribution in [2.24, 2.45) is 5.73 Å². The minimum absolute atomic E-state index is 0.0800. The maximum Gasteiger partial charge on any atom is 0.273 e. The molecule has 2 aromatic rings. The molecule has 1 atom stereocenters. The predicted octanol–water partition coefficient (Wildman–Crippen LogP) is 1.04. The van der Waals surface area contributed by atoms with E-state index in [-0.39, 0.29) is 17.9 Å². The summed E-state index contributed by atoms with van der Waals surface area (Å²) in [6, 6.07) is 6.80. The molecular formula is C19H27N5O3. The molecule has 1 saturated heterocycles. The maximum atomic E-state index is 12.7. The highest BCUT2D eigenvalue weighted by Crippen LogP contribution is 2.17. The summed E-state index contributed by atoms with van der Waals surface area (Å²) in [5.74, 6) is -0.433. The van der Waals surface area contributed by atoms with Crippen molar-refractivity contribution in [1.29, 1.82) is 0 Å². The van der Waals surface area contributed by atoms with Gasteiger partial charge in [-0.15, -0.1) is 0 Å². The zero-order valence-corrected chi connectivity index (χ0v) is 15.6. The van der Waals surface area contributed by atoms with E-state index in [0.717, 1.165) is 30.2 Å². The monoisotopic (exact) mass is 373 g/mol. The minimum atomic E-state index is -0.609. The third-order valence-electron chi connectivity index (χ3n) is 4.86. The van der Waals surface area contributed by atoms with Crippen LogP contribution in [0.1, 0.15) is 36.7 Å². The number of rotatable bonds is 7. The molecule has 2 heterocycles. The Morgan fingerprint density at radius 1 is 1.37 bits per heavy atom. The molecule has 0 aliphatic carbocycles. The fourth-order valence-corrected chi connectivity index (χ4v) is 3.31. The van der Waals surface area contributed by atoms with Gasteiger partial charge in [-0.2, -0.15) is 5.10 Å². The topological polar surface area (TPSA) is 113 Å². The second-order valence-electron chi connectivity index (χ2n) is 6.85. The predicted molar refractivity (Wildman–Crippen MR) is 102 cm³/mol. The Morgan fingerprint density at radius 2 is 2.11 bits per heavy atom. The van der Waals surface area contributed by atoms with Gasteiger partial charge in [0.2, 0.25) is 5.91 Å². The second kappa shape index (κ2) is 8.96. The highest BCUT2D eigenvalue weighted by molar-refractivity contribution is 6.05. The number of hydrogen-bond acceptors (Lipinski definition) is 5. The average Bonchev–Trinajstić information content (AvgIpc) is 3.12. The Morgan fingerprint density at radius 3 is 2.85 bits per heavy atom. The quantitative estimate of drug-likeness (QED) is 0.628. The fourth-order valence-electron chi connectivity index (χ4n) is 3.31. The molecule has 1 aliphatic rings. The van der Waals surface area contributed by atoms with Crippen molar-refractivity contribution in [3.63, 3.8) is 0 Å². The number of benzene rings is 1. The van der Waals surface area contributed by atoms with Gasteiger partial charge in [-0.25, -0.2) is 0 Å². The summed E-state index contributed by atoms with van der Waals surface area (Å²) in [5, 5.41) is 10.4. The van der Waals surface area contributed by atoms with Crippen LogP contribution in [0.15, 0.2) is 24.3 Å². The Bertz CT molecular complexity index is 782. The van der Waals surface area contributed by atoms with E-state index in [1.54, 1.807) is 11.8 Å². The van der Waals surface area contributed by atoms with Crippen LogP contribution in [0.25, 0.3) is 10.9 Å². The Balaban J connectivity index is 1.51. The lowest BCUT2D eigenvalue weighted by molar-refractivity contribution is -0.135. The molecule has 1 aromatic heterocycles. The number of piperidine rings is 1. The van der Waals surface area contributed by atoms with Crippen molar-refractivity contribution in [3.05, 3.63) is 30.0 Å². The van der Waals surface area contributed by atoms with Crippen LogP contribution < -0.4 is 11.1 Å². The maximum absolute atomic E-state index is 12.7. The zero-order chi connectivity index (χ0) is 19.2. The van der Waals surface area contributed by atoms with Gasteiger partial charge in [-0.1, -0.05) is 18.2 Å². The molecule has 2 amide bonds. The van der Waals surface area contributed by atoms with Gasteiger partial charge in [0.25, 0.3) is 5.91 Å². The number of likely N-dealkylation sites (tertiary alicyclic amines) is 1. The van der Waals surface area contributed by atoms with Crippen LogP contribution in [0.4, 0.5) is 0 Å². The number of carbonyl (C=O) groups excluding carboxylic acids is 2. The van der Waals surface area contributed by atoms with Gasteiger partial charge in [0.05, 0.1) is 11.6 Å². The summed E-state index contributed by atoms with van der Waals surface area (Å²) in [7, 11) is 0. The third-order valence-corrected chi connectivity index (χ3v) is 4.86. The number of nitrogens with two attached hydrogens (primary N) is 1. The molecule has 1 fully saturated rings. The number of nitrogens with one attached hydrogen (secondary N) is 2. The molecule has 0 spiro atoms. The number of amides is 2. The number of aromatic nitrogens is 2. The first kappa shape index (κ1) is 19.3. The summed E-state index contributed by atoms with van der Waals surface area (Å²) in [4.78, 5) is 27.0. The number of carbonyl (C=O) groups is 2. The van der Waals surface area contributed by atoms with E-state index in [9.17, 15) is 9.59 Å². The van der Waals surface area contributed by atoms with Crippen molar-refractivity contribution in [1.82, 2.24) is 20.4 Å². The van der Waals surface area contributed by atoms with Crippen LogP contribution >= 0.6 is 0 Å². The standard InChI is InChI=1S/C19H27N5O3/c1-13(19(26)24-10-7-14(8-11-24)27-12-4-9-20)21-18(25)17-15-5-2-3-6-16(15)22-23-17/h2-3,5-6,13-14H,4,7-12,20H2,1H3,(H,21,25)(H,22,23). The van der Waals surface area contributed by atoms with E-state index in [4.69, 9.17) is 10.5 Å². The SMILES string of the molecule is CC(NC(=O)c1n[nH]c2ccccc12)C(=O)N1CCC(OCCCN)CC1. The number of ether oxygens (including phenoxy) is 1. The summed E-state index contributed by atoms with van der Waals surface area (Å²) >= 11 is 0. The summed E-state index contributed by atoms with van der Waals surface area (Å²) in [5.41, 5.74) is 6.56. The van der Waals surface area contributed by atoms with Crippen molar-refractivity contribution in [3.8, 4) is 0 Å². The second-order valence-corrected chi connectivity index (χ2v) is 6.85. The van der Waals surface area contributed by atoms with Crippen LogP contribution in [0, 0.1) is 0 Å². The lowest BCUT2D eigenvalue weighted by atomic mass is 10.1. The summed E-state index contributed by atoms with van der Waals surface area (Å²) < 4.78 is 5.77. The normalized spacial score (nSPS) is 16.4. The van der Waals surface area contributed by atoms with Gasteiger partial charge in [0.1, 0.15) is 6.04 Å². The van der Waals surface area contributed by atoms with Crippen LogP contribution in [-0.2, 0) is 9.53 Å². The number of hydrogen-bond donors (Lipinski definition) is 3. The highest BCUT2D eigenvalue weighted by atomic mass is 16.5. The fraction of sp³-hybridized carbons (Fsp3) is 0.526. The average molecular weight is 373 g/mol. The van der Waals surface area contributed by atoms with Gasteiger partial charge in [-0.3, -0.25) is 14.7 Å². The van der Waals surface area contributed by atoms with Gasteiger partial charge in [0, 0.05) is 25.1 Å². The van der Waals surface area contributed by atoms with E-state index >= 15 is 0 Å². The minimum Gasteiger partial charge on any atom is -0.378 e. The molecule has 0 bridgehead atoms. The number of H-pyrrole nitrogens is 1. The van der Waals surface area contributed by atoms with E-state index in [2.05, 4.69) is 15.5 Å². The lowest BCUT2D eigenvalue weighted by Crippen LogP contribution is -2.50. The molecule has 0 radical (unpaired) electrons. The van der Waals surface area contributed by atoms with E-state index in [1.165, 1.54) is 0 Å². The molecule has 4 N–H and O–H groups in total. The largest absolute Gasteiger partial charge is 0.378 e. The molecule has 1 aliphatic heterocycles. The molecule has 1 unspecified atom stereocenters. The van der Waals surface area contributed by atoms with Crippen LogP contribution in [0.5, 0.6) is 0 Å². The first-order valence-electron chi connectivity index (χ1n) is 9.44. The summed E-state index contributed by atoms with van der Waals surface area (Å²) in [6.07, 6.45) is 2.65. The van der Waals surface area contributed by atoms with E-state index in [1.807, 2.05) is 24.3 Å². The molecular weight excluding hydrogens is 346 g/mol. The first-order valence-corrected chi connectivity index (χ1v) is 9.44. The lowest BCUT2D eigenvalue weighted by Gasteiger charge is -2.33. The zero-order valence-electron chi connectivity index (χ0n) is 15.6. The first-order chi connectivity index (χ1) is 13.1. The van der Waals surface area contributed by atoms with Crippen molar-refractivity contribution in [2.75, 3.05) is 26.2 Å². The van der Waals surface area contributed by atoms with Gasteiger partial charge >= 0.3 is 0 Å². The van der Waals surface area contributed by atoms with E-state index < -0.39 is 6.04 Å². The van der Waals surface area contributed by atoms with Crippen LogP contribution in [0.2, 0.25) is 0 Å². The van der Waals surface area contributed by atoms with Crippen molar-refractivity contribution in [2.45, 2.75) is 38.3 Å². The van der Waals surface area contributed by atoms with Crippen LogP contribution in [-0.4, -0.2) is 65.3 Å². The number of para-hydroxylation sites is 1. The Kier molecular flexibility index (Phi) is 6.41. The van der Waals surface area contributed by atoms with Gasteiger partial charge in [0.15, 0.2) is 5.69 Å².